The number of fused-ring (bicyclic) bond motifs is 1. The van der Waals surface area contributed by atoms with Gasteiger partial charge in [0.2, 0.25) is 5.95 Å². The molecule has 0 aliphatic carbocycles. The number of anilines is 2. The molecule has 108 valence electrons. The Morgan fingerprint density at radius 2 is 2.35 bits per heavy atom. The summed E-state index contributed by atoms with van der Waals surface area (Å²) in [5.74, 6) is -0.676. The lowest BCUT2D eigenvalue weighted by molar-refractivity contribution is -0.241. The number of imidazole rings is 1. The summed E-state index contributed by atoms with van der Waals surface area (Å²) in [6.07, 6.45) is 2.45. The van der Waals surface area contributed by atoms with Crippen molar-refractivity contribution in [2.24, 2.45) is 0 Å². The average molecular weight is 280 g/mol. The molecule has 9 heteroatoms. The fourth-order valence-corrected chi connectivity index (χ4v) is 2.40. The molecule has 3 rings (SSSR count). The van der Waals surface area contributed by atoms with Crippen LogP contribution in [0.4, 0.5) is 11.8 Å². The number of nitrogen functional groups attached to an aromatic ring is 2. The molecule has 1 saturated heterocycles. The maximum atomic E-state index is 9.39. The van der Waals surface area contributed by atoms with Crippen LogP contribution < -0.4 is 11.5 Å². The second-order valence-corrected chi connectivity index (χ2v) is 4.68. The Hall–Kier alpha value is -1.97. The van der Waals surface area contributed by atoms with Crippen LogP contribution in [-0.2, 0) is 9.47 Å². The number of aliphatic hydroxyl groups excluding tert-OH is 1. The maximum Gasteiger partial charge on any atom is 0.224 e. The van der Waals surface area contributed by atoms with E-state index >= 15 is 0 Å². The Kier molecular flexibility index (Phi) is 2.96. The van der Waals surface area contributed by atoms with Crippen molar-refractivity contribution in [2.45, 2.75) is 24.9 Å². The van der Waals surface area contributed by atoms with Gasteiger partial charge in [-0.05, 0) is 6.42 Å². The van der Waals surface area contributed by atoms with Crippen LogP contribution >= 0.6 is 0 Å². The monoisotopic (exact) mass is 280 g/mol. The lowest BCUT2D eigenvalue weighted by atomic mass is 10.2. The molecule has 5 N–H and O–H groups in total. The molecule has 2 aromatic heterocycles. The predicted octanol–water partition coefficient (Wildman–Crippen LogP) is -0.365. The van der Waals surface area contributed by atoms with E-state index in [-0.39, 0.29) is 24.6 Å². The largest absolute Gasteiger partial charge is 0.391 e. The number of methoxy groups -OCH3 is 1. The molecule has 0 amide bonds. The molecule has 1 fully saturated rings. The van der Waals surface area contributed by atoms with Gasteiger partial charge in [-0.25, -0.2) is 4.98 Å². The number of rotatable bonds is 3. The SMILES string of the molecule is CO[C@]1(CO)CC[C@@H](n2cnc3c(N)nc(N)nc32)O1. The van der Waals surface area contributed by atoms with E-state index in [4.69, 9.17) is 20.9 Å². The van der Waals surface area contributed by atoms with Gasteiger partial charge in [0.15, 0.2) is 17.3 Å². The van der Waals surface area contributed by atoms with E-state index < -0.39 is 5.79 Å². The zero-order chi connectivity index (χ0) is 14.3. The molecule has 0 radical (unpaired) electrons. The Balaban J connectivity index is 2.00. The lowest BCUT2D eigenvalue weighted by Gasteiger charge is -2.25. The quantitative estimate of drug-likeness (QED) is 0.693. The number of aliphatic hydroxyl groups is 1. The van der Waals surface area contributed by atoms with Crippen molar-refractivity contribution in [3.8, 4) is 0 Å². The van der Waals surface area contributed by atoms with Crippen LogP contribution in [-0.4, -0.2) is 44.1 Å². The van der Waals surface area contributed by atoms with E-state index in [1.165, 1.54) is 7.11 Å². The molecule has 0 aromatic carbocycles. The molecule has 0 spiro atoms. The van der Waals surface area contributed by atoms with Gasteiger partial charge in [0.1, 0.15) is 11.7 Å². The van der Waals surface area contributed by atoms with Crippen LogP contribution in [0.3, 0.4) is 0 Å². The number of hydrogen-bond acceptors (Lipinski definition) is 8. The van der Waals surface area contributed by atoms with E-state index in [0.717, 1.165) is 0 Å². The lowest BCUT2D eigenvalue weighted by Crippen LogP contribution is -2.35. The summed E-state index contributed by atoms with van der Waals surface area (Å²) in [6.45, 7) is -0.216. The van der Waals surface area contributed by atoms with Gasteiger partial charge >= 0.3 is 0 Å². The van der Waals surface area contributed by atoms with Crippen molar-refractivity contribution in [1.29, 1.82) is 0 Å². The van der Waals surface area contributed by atoms with Crippen molar-refractivity contribution >= 4 is 22.9 Å². The van der Waals surface area contributed by atoms with Gasteiger partial charge in [-0.2, -0.15) is 9.97 Å². The smallest absolute Gasteiger partial charge is 0.224 e. The third-order valence-corrected chi connectivity index (χ3v) is 3.51. The van der Waals surface area contributed by atoms with Crippen LogP contribution in [0.25, 0.3) is 11.2 Å². The minimum Gasteiger partial charge on any atom is -0.391 e. The Bertz CT molecular complexity index is 638. The molecule has 9 nitrogen and oxygen atoms in total. The summed E-state index contributed by atoms with van der Waals surface area (Å²) < 4.78 is 12.8. The number of ether oxygens (including phenoxy) is 2. The van der Waals surface area contributed by atoms with Crippen molar-refractivity contribution in [1.82, 2.24) is 19.5 Å². The summed E-state index contributed by atoms with van der Waals surface area (Å²) in [5, 5.41) is 9.39. The molecule has 0 bridgehead atoms. The van der Waals surface area contributed by atoms with E-state index in [1.54, 1.807) is 10.9 Å². The van der Waals surface area contributed by atoms with Gasteiger partial charge in [-0.15, -0.1) is 0 Å². The van der Waals surface area contributed by atoms with Crippen LogP contribution in [0, 0.1) is 0 Å². The van der Waals surface area contributed by atoms with E-state index in [9.17, 15) is 5.11 Å². The summed E-state index contributed by atoms with van der Waals surface area (Å²) in [7, 11) is 1.50. The summed E-state index contributed by atoms with van der Waals surface area (Å²) >= 11 is 0. The van der Waals surface area contributed by atoms with Crippen LogP contribution in [0.1, 0.15) is 19.1 Å². The molecule has 3 heterocycles. The fourth-order valence-electron chi connectivity index (χ4n) is 2.40. The summed E-state index contributed by atoms with van der Waals surface area (Å²) in [6, 6.07) is 0. The zero-order valence-electron chi connectivity index (χ0n) is 11.0. The molecular formula is C11H16N6O3. The number of nitrogens with zero attached hydrogens (tertiary/aromatic N) is 4. The van der Waals surface area contributed by atoms with Gasteiger partial charge in [-0.3, -0.25) is 4.57 Å². The first-order chi connectivity index (χ1) is 9.58. The fraction of sp³-hybridized carbons (Fsp3) is 0.545. The third-order valence-electron chi connectivity index (χ3n) is 3.51. The highest BCUT2D eigenvalue weighted by atomic mass is 16.7. The summed E-state index contributed by atoms with van der Waals surface area (Å²) in [4.78, 5) is 12.2. The normalized spacial score (nSPS) is 26.4. The highest BCUT2D eigenvalue weighted by molar-refractivity contribution is 5.82. The number of hydrogen-bond donors (Lipinski definition) is 3. The standard InChI is InChI=1S/C11H16N6O3/c1-19-11(4-18)3-2-6(20-11)17-5-14-7-8(12)15-10(13)16-9(7)17/h5-6,18H,2-4H2,1H3,(H4,12,13,15,16)/t6-,11+/m0/s1. The minimum absolute atomic E-state index is 0.0786. The van der Waals surface area contributed by atoms with Crippen molar-refractivity contribution in [2.75, 3.05) is 25.2 Å². The molecule has 0 unspecified atom stereocenters. The van der Waals surface area contributed by atoms with Gasteiger partial charge in [-0.1, -0.05) is 0 Å². The molecule has 2 atom stereocenters. The zero-order valence-corrected chi connectivity index (χ0v) is 11.0. The molecule has 1 aliphatic rings. The van der Waals surface area contributed by atoms with Gasteiger partial charge in [0.05, 0.1) is 12.9 Å². The van der Waals surface area contributed by atoms with E-state index in [0.29, 0.717) is 24.0 Å². The third kappa shape index (κ3) is 1.87. The highest BCUT2D eigenvalue weighted by Gasteiger charge is 2.41. The Morgan fingerprint density at radius 1 is 1.55 bits per heavy atom. The number of nitrogens with two attached hydrogens (primary N) is 2. The van der Waals surface area contributed by atoms with Gasteiger partial charge in [0.25, 0.3) is 0 Å². The van der Waals surface area contributed by atoms with Crippen molar-refractivity contribution < 1.29 is 14.6 Å². The maximum absolute atomic E-state index is 9.39. The van der Waals surface area contributed by atoms with Crippen LogP contribution in [0.5, 0.6) is 0 Å². The first-order valence-electron chi connectivity index (χ1n) is 6.18. The summed E-state index contributed by atoms with van der Waals surface area (Å²) in [5.41, 5.74) is 12.3. The molecule has 0 saturated carbocycles. The minimum atomic E-state index is -0.981. The molecule has 2 aromatic rings. The van der Waals surface area contributed by atoms with Crippen molar-refractivity contribution in [3.05, 3.63) is 6.33 Å². The predicted molar refractivity (Wildman–Crippen MR) is 70.3 cm³/mol. The first-order valence-corrected chi connectivity index (χ1v) is 6.18. The molecule has 20 heavy (non-hydrogen) atoms. The molecular weight excluding hydrogens is 264 g/mol. The topological polar surface area (TPSA) is 134 Å². The van der Waals surface area contributed by atoms with Gasteiger partial charge in [0, 0.05) is 13.5 Å². The second-order valence-electron chi connectivity index (χ2n) is 4.68. The van der Waals surface area contributed by atoms with E-state index in [1.807, 2.05) is 0 Å². The Labute approximate surface area is 114 Å². The van der Waals surface area contributed by atoms with Gasteiger partial charge < -0.3 is 26.0 Å². The average Bonchev–Trinajstić information content (AvgIpc) is 3.02. The second kappa shape index (κ2) is 4.54. The van der Waals surface area contributed by atoms with Crippen LogP contribution in [0.15, 0.2) is 6.33 Å². The highest BCUT2D eigenvalue weighted by Crippen LogP contribution is 2.38. The Morgan fingerprint density at radius 3 is 3.00 bits per heavy atom. The van der Waals surface area contributed by atoms with Crippen LogP contribution in [0.2, 0.25) is 0 Å². The van der Waals surface area contributed by atoms with Crippen molar-refractivity contribution in [3.63, 3.8) is 0 Å². The number of aromatic nitrogens is 4. The first kappa shape index (κ1) is 13.0. The molecule has 1 aliphatic heterocycles. The van der Waals surface area contributed by atoms with E-state index in [2.05, 4.69) is 15.0 Å².